The predicted molar refractivity (Wildman–Crippen MR) is 86.6 cm³/mol. The number of halogens is 2. The molecule has 0 atom stereocenters. The van der Waals surface area contributed by atoms with E-state index in [1.807, 2.05) is 0 Å². The fourth-order valence-corrected chi connectivity index (χ4v) is 2.24. The van der Waals surface area contributed by atoms with Gasteiger partial charge in [0.2, 0.25) is 5.91 Å². The SMILES string of the molecule is COC(=O)c1ccc(Cl)c(NC(=O)Cc2ccccc2Cl)c1. The van der Waals surface area contributed by atoms with Crippen LogP contribution in [0.2, 0.25) is 10.0 Å². The van der Waals surface area contributed by atoms with E-state index in [0.29, 0.717) is 26.9 Å². The summed E-state index contributed by atoms with van der Waals surface area (Å²) in [6, 6.07) is 11.6. The van der Waals surface area contributed by atoms with Gasteiger partial charge in [0, 0.05) is 5.02 Å². The van der Waals surface area contributed by atoms with E-state index in [9.17, 15) is 9.59 Å². The largest absolute Gasteiger partial charge is 0.465 e. The first kappa shape index (κ1) is 16.3. The van der Waals surface area contributed by atoms with E-state index < -0.39 is 5.97 Å². The third-order valence-electron chi connectivity index (χ3n) is 2.97. The minimum Gasteiger partial charge on any atom is -0.465 e. The summed E-state index contributed by atoms with van der Waals surface area (Å²) in [6.45, 7) is 0. The van der Waals surface area contributed by atoms with Crippen molar-refractivity contribution in [3.05, 3.63) is 63.6 Å². The Morgan fingerprint density at radius 2 is 1.82 bits per heavy atom. The highest BCUT2D eigenvalue weighted by Gasteiger charge is 2.12. The molecule has 0 heterocycles. The summed E-state index contributed by atoms with van der Waals surface area (Å²) in [5.41, 5.74) is 1.36. The van der Waals surface area contributed by atoms with Crippen molar-refractivity contribution in [1.82, 2.24) is 0 Å². The second kappa shape index (κ2) is 7.29. The molecule has 22 heavy (non-hydrogen) atoms. The molecule has 0 spiro atoms. The Morgan fingerprint density at radius 1 is 1.09 bits per heavy atom. The van der Waals surface area contributed by atoms with Crippen LogP contribution < -0.4 is 5.32 Å². The summed E-state index contributed by atoms with van der Waals surface area (Å²) in [6.07, 6.45) is 0.110. The molecule has 0 aliphatic heterocycles. The van der Waals surface area contributed by atoms with Gasteiger partial charge in [-0.1, -0.05) is 41.4 Å². The van der Waals surface area contributed by atoms with Gasteiger partial charge in [-0.15, -0.1) is 0 Å². The molecule has 1 amide bonds. The molecule has 0 bridgehead atoms. The number of hydrogen-bond acceptors (Lipinski definition) is 3. The minimum atomic E-state index is -0.502. The van der Waals surface area contributed by atoms with Crippen LogP contribution in [0.25, 0.3) is 0 Å². The lowest BCUT2D eigenvalue weighted by atomic mass is 10.1. The Morgan fingerprint density at radius 3 is 2.50 bits per heavy atom. The highest BCUT2D eigenvalue weighted by molar-refractivity contribution is 6.34. The maximum absolute atomic E-state index is 12.1. The van der Waals surface area contributed by atoms with Crippen molar-refractivity contribution >= 4 is 40.8 Å². The van der Waals surface area contributed by atoms with Crippen LogP contribution in [0.4, 0.5) is 5.69 Å². The van der Waals surface area contributed by atoms with Crippen molar-refractivity contribution in [1.29, 1.82) is 0 Å². The molecule has 0 saturated heterocycles. The van der Waals surface area contributed by atoms with Crippen molar-refractivity contribution in [3.8, 4) is 0 Å². The number of methoxy groups -OCH3 is 1. The molecule has 4 nitrogen and oxygen atoms in total. The third-order valence-corrected chi connectivity index (χ3v) is 3.67. The van der Waals surface area contributed by atoms with Crippen LogP contribution in [0.1, 0.15) is 15.9 Å². The molecule has 114 valence electrons. The standard InChI is InChI=1S/C16H13Cl2NO3/c1-22-16(21)11-6-7-13(18)14(8-11)19-15(20)9-10-4-2-3-5-12(10)17/h2-8H,9H2,1H3,(H,19,20). The number of rotatable bonds is 4. The number of carbonyl (C=O) groups is 2. The molecule has 0 aliphatic carbocycles. The molecule has 6 heteroatoms. The van der Waals surface area contributed by atoms with Crippen molar-refractivity contribution < 1.29 is 14.3 Å². The normalized spacial score (nSPS) is 10.1. The molecule has 0 saturated carbocycles. The van der Waals surface area contributed by atoms with Crippen LogP contribution in [0.15, 0.2) is 42.5 Å². The van der Waals surface area contributed by atoms with Gasteiger partial charge in [0.05, 0.1) is 29.8 Å². The quantitative estimate of drug-likeness (QED) is 0.859. The summed E-state index contributed by atoms with van der Waals surface area (Å²) in [5.74, 6) is -0.782. The minimum absolute atomic E-state index is 0.110. The molecule has 0 fully saturated rings. The number of ether oxygens (including phenoxy) is 1. The number of esters is 1. The summed E-state index contributed by atoms with van der Waals surface area (Å²) in [5, 5.41) is 3.52. The van der Waals surface area contributed by atoms with Gasteiger partial charge in [0.1, 0.15) is 0 Å². The maximum atomic E-state index is 12.1. The van der Waals surface area contributed by atoms with E-state index in [1.165, 1.54) is 25.3 Å². The maximum Gasteiger partial charge on any atom is 0.337 e. The van der Waals surface area contributed by atoms with Crippen molar-refractivity contribution in [3.63, 3.8) is 0 Å². The lowest BCUT2D eigenvalue weighted by Crippen LogP contribution is -2.15. The van der Waals surface area contributed by atoms with Gasteiger partial charge >= 0.3 is 5.97 Å². The van der Waals surface area contributed by atoms with Gasteiger partial charge in [-0.05, 0) is 29.8 Å². The Balaban J connectivity index is 2.14. The van der Waals surface area contributed by atoms with Crippen LogP contribution in [0.3, 0.4) is 0 Å². The summed E-state index contributed by atoms with van der Waals surface area (Å²) in [7, 11) is 1.28. The first-order valence-corrected chi connectivity index (χ1v) is 7.18. The van der Waals surface area contributed by atoms with Crippen LogP contribution in [-0.2, 0) is 16.0 Å². The van der Waals surface area contributed by atoms with Gasteiger partial charge in [-0.25, -0.2) is 4.79 Å². The van der Waals surface area contributed by atoms with Crippen molar-refractivity contribution in [2.24, 2.45) is 0 Å². The van der Waals surface area contributed by atoms with Crippen LogP contribution in [0, 0.1) is 0 Å². The molecular weight excluding hydrogens is 325 g/mol. The first-order valence-electron chi connectivity index (χ1n) is 6.42. The summed E-state index contributed by atoms with van der Waals surface area (Å²) >= 11 is 12.1. The number of hydrogen-bond donors (Lipinski definition) is 1. The summed E-state index contributed by atoms with van der Waals surface area (Å²) < 4.78 is 4.64. The van der Waals surface area contributed by atoms with Crippen molar-refractivity contribution in [2.45, 2.75) is 6.42 Å². The zero-order valence-electron chi connectivity index (χ0n) is 11.7. The van der Waals surface area contributed by atoms with Gasteiger partial charge < -0.3 is 10.1 Å². The van der Waals surface area contributed by atoms with Crippen LogP contribution >= 0.6 is 23.2 Å². The first-order chi connectivity index (χ1) is 10.5. The van der Waals surface area contributed by atoms with Gasteiger partial charge in [0.25, 0.3) is 0 Å². The van der Waals surface area contributed by atoms with Crippen LogP contribution in [-0.4, -0.2) is 19.0 Å². The van der Waals surface area contributed by atoms with Crippen LogP contribution in [0.5, 0.6) is 0 Å². The molecule has 2 aromatic rings. The highest BCUT2D eigenvalue weighted by Crippen LogP contribution is 2.24. The molecule has 0 aliphatic rings. The third kappa shape index (κ3) is 4.00. The number of carbonyl (C=O) groups excluding carboxylic acids is 2. The fourth-order valence-electron chi connectivity index (χ4n) is 1.88. The van der Waals surface area contributed by atoms with E-state index >= 15 is 0 Å². The molecule has 0 unspecified atom stereocenters. The van der Waals surface area contributed by atoms with Crippen molar-refractivity contribution in [2.75, 3.05) is 12.4 Å². The monoisotopic (exact) mass is 337 g/mol. The molecule has 0 radical (unpaired) electrons. The lowest BCUT2D eigenvalue weighted by Gasteiger charge is -2.09. The van der Waals surface area contributed by atoms with Gasteiger partial charge in [-0.2, -0.15) is 0 Å². The number of benzene rings is 2. The Kier molecular flexibility index (Phi) is 5.41. The van der Waals surface area contributed by atoms with E-state index in [2.05, 4.69) is 10.1 Å². The van der Waals surface area contributed by atoms with E-state index in [0.717, 1.165) is 0 Å². The summed E-state index contributed by atoms with van der Waals surface area (Å²) in [4.78, 5) is 23.6. The lowest BCUT2D eigenvalue weighted by molar-refractivity contribution is -0.115. The Labute approximate surface area is 138 Å². The average Bonchev–Trinajstić information content (AvgIpc) is 2.51. The molecule has 0 aromatic heterocycles. The molecule has 2 rings (SSSR count). The number of nitrogens with one attached hydrogen (secondary N) is 1. The molecule has 2 aromatic carbocycles. The molecular formula is C16H13Cl2NO3. The average molecular weight is 338 g/mol. The number of amides is 1. The predicted octanol–water partition coefficient (Wildman–Crippen LogP) is 3.96. The zero-order chi connectivity index (χ0) is 16.1. The fraction of sp³-hybridized carbons (Fsp3) is 0.125. The zero-order valence-corrected chi connectivity index (χ0v) is 13.2. The Bertz CT molecular complexity index is 716. The highest BCUT2D eigenvalue weighted by atomic mass is 35.5. The van der Waals surface area contributed by atoms with E-state index in [4.69, 9.17) is 23.2 Å². The number of anilines is 1. The van der Waals surface area contributed by atoms with Gasteiger partial charge in [0.15, 0.2) is 0 Å². The second-order valence-electron chi connectivity index (χ2n) is 4.50. The van der Waals surface area contributed by atoms with E-state index in [1.54, 1.807) is 24.3 Å². The van der Waals surface area contributed by atoms with E-state index in [-0.39, 0.29) is 12.3 Å². The smallest absolute Gasteiger partial charge is 0.337 e. The topological polar surface area (TPSA) is 55.4 Å². The second-order valence-corrected chi connectivity index (χ2v) is 5.32. The van der Waals surface area contributed by atoms with Gasteiger partial charge in [-0.3, -0.25) is 4.79 Å². The molecule has 1 N–H and O–H groups in total. The Hall–Kier alpha value is -2.04.